The lowest BCUT2D eigenvalue weighted by atomic mass is 10.1. The lowest BCUT2D eigenvalue weighted by molar-refractivity contribution is 0.0951. The molecule has 8 heteroatoms. The zero-order valence-corrected chi connectivity index (χ0v) is 17.3. The Morgan fingerprint density at radius 3 is 2.84 bits per heavy atom. The number of pyridine rings is 2. The zero-order valence-electron chi connectivity index (χ0n) is 17.3. The summed E-state index contributed by atoms with van der Waals surface area (Å²) in [7, 11) is 0. The number of aromatic nitrogens is 4. The maximum atomic E-state index is 12.6. The molecule has 160 valence electrons. The molecule has 1 aliphatic rings. The van der Waals surface area contributed by atoms with Crippen LogP contribution in [0.5, 0.6) is 5.75 Å². The Bertz CT molecular complexity index is 1220. The molecule has 8 nitrogen and oxygen atoms in total. The molecule has 0 bridgehead atoms. The minimum Gasteiger partial charge on any atom is -0.492 e. The summed E-state index contributed by atoms with van der Waals surface area (Å²) in [6.07, 6.45) is 9.62. The number of amides is 1. The first-order valence-corrected chi connectivity index (χ1v) is 10.4. The van der Waals surface area contributed by atoms with Gasteiger partial charge in [0.1, 0.15) is 11.6 Å². The van der Waals surface area contributed by atoms with E-state index >= 15 is 0 Å². The first-order chi connectivity index (χ1) is 15.8. The summed E-state index contributed by atoms with van der Waals surface area (Å²) >= 11 is 0. The number of anilines is 1. The monoisotopic (exact) mass is 426 g/mol. The number of nitrogens with zero attached hydrogens (tertiary/aromatic N) is 3. The second kappa shape index (κ2) is 8.89. The molecule has 4 heterocycles. The van der Waals surface area contributed by atoms with Crippen molar-refractivity contribution in [1.29, 1.82) is 0 Å². The molecule has 0 saturated heterocycles. The third-order valence-electron chi connectivity index (χ3n) is 5.39. The fourth-order valence-electron chi connectivity index (χ4n) is 3.74. The van der Waals surface area contributed by atoms with Crippen molar-refractivity contribution in [2.75, 3.05) is 11.9 Å². The van der Waals surface area contributed by atoms with Crippen molar-refractivity contribution in [2.24, 2.45) is 0 Å². The summed E-state index contributed by atoms with van der Waals surface area (Å²) in [4.78, 5) is 21.2. The molecule has 0 spiro atoms. The molecular formula is C24H22N6O2. The average Bonchev–Trinajstić information content (AvgIpc) is 3.55. The number of rotatable bonds is 7. The summed E-state index contributed by atoms with van der Waals surface area (Å²) < 4.78 is 5.88. The van der Waals surface area contributed by atoms with E-state index in [2.05, 4.69) is 30.8 Å². The van der Waals surface area contributed by atoms with Crippen molar-refractivity contribution in [3.8, 4) is 16.9 Å². The topological polar surface area (TPSA) is 105 Å². The van der Waals surface area contributed by atoms with Crippen molar-refractivity contribution < 1.29 is 9.53 Å². The van der Waals surface area contributed by atoms with E-state index in [9.17, 15) is 4.79 Å². The Kier molecular flexibility index (Phi) is 5.48. The fraction of sp³-hybridized carbons (Fsp3) is 0.167. The van der Waals surface area contributed by atoms with E-state index in [0.717, 1.165) is 45.8 Å². The van der Waals surface area contributed by atoms with Crippen molar-refractivity contribution in [3.05, 3.63) is 89.6 Å². The predicted molar refractivity (Wildman–Crippen MR) is 120 cm³/mol. The highest BCUT2D eigenvalue weighted by molar-refractivity contribution is 5.94. The van der Waals surface area contributed by atoms with Gasteiger partial charge in [-0.25, -0.2) is 4.98 Å². The Morgan fingerprint density at radius 1 is 1.09 bits per heavy atom. The van der Waals surface area contributed by atoms with Gasteiger partial charge < -0.3 is 15.4 Å². The second-order valence-corrected chi connectivity index (χ2v) is 7.51. The van der Waals surface area contributed by atoms with E-state index in [1.807, 2.05) is 42.6 Å². The van der Waals surface area contributed by atoms with E-state index < -0.39 is 0 Å². The van der Waals surface area contributed by atoms with Crippen molar-refractivity contribution in [3.63, 3.8) is 0 Å². The van der Waals surface area contributed by atoms with E-state index in [-0.39, 0.29) is 5.91 Å². The van der Waals surface area contributed by atoms with Gasteiger partial charge in [-0.2, -0.15) is 5.10 Å². The average molecular weight is 426 g/mol. The quantitative estimate of drug-likeness (QED) is 0.419. The smallest absolute Gasteiger partial charge is 0.251 e. The molecule has 4 aromatic rings. The molecule has 0 radical (unpaired) electrons. The van der Waals surface area contributed by atoms with Crippen LogP contribution in [0.25, 0.3) is 11.1 Å². The van der Waals surface area contributed by atoms with Crippen LogP contribution in [0.1, 0.15) is 27.0 Å². The molecule has 0 saturated carbocycles. The van der Waals surface area contributed by atoms with E-state index in [0.29, 0.717) is 25.3 Å². The second-order valence-electron chi connectivity index (χ2n) is 7.51. The maximum absolute atomic E-state index is 12.6. The number of hydrogen-bond donors (Lipinski definition) is 3. The van der Waals surface area contributed by atoms with Gasteiger partial charge in [0.05, 0.1) is 12.8 Å². The third kappa shape index (κ3) is 4.15. The molecule has 0 aliphatic carbocycles. The Morgan fingerprint density at radius 2 is 2.00 bits per heavy atom. The summed E-state index contributed by atoms with van der Waals surface area (Å²) in [5.41, 5.74) is 5.57. The van der Waals surface area contributed by atoms with Gasteiger partial charge in [0, 0.05) is 66.6 Å². The molecule has 0 fully saturated rings. The van der Waals surface area contributed by atoms with Crippen LogP contribution in [-0.4, -0.2) is 32.7 Å². The first kappa shape index (κ1) is 19.7. The van der Waals surface area contributed by atoms with Crippen LogP contribution in [0.2, 0.25) is 0 Å². The fourth-order valence-corrected chi connectivity index (χ4v) is 3.74. The lowest BCUT2D eigenvalue weighted by Crippen LogP contribution is -2.23. The standard InChI is InChI=1S/C24H22N6O2/c31-24(28-11-16-4-7-25-8-5-16)18-3-1-2-17(10-18)12-26-23-20-6-9-32-22(20)21(15-27-23)19-13-29-30-14-19/h1-5,7-8,10,13-15H,6,9,11-12H2,(H,26,27)(H,28,31)(H,29,30). The highest BCUT2D eigenvalue weighted by Crippen LogP contribution is 2.39. The van der Waals surface area contributed by atoms with Gasteiger partial charge in [0.2, 0.25) is 0 Å². The van der Waals surface area contributed by atoms with Gasteiger partial charge in [0.25, 0.3) is 5.91 Å². The van der Waals surface area contributed by atoms with Gasteiger partial charge in [-0.05, 0) is 35.4 Å². The molecule has 3 aromatic heterocycles. The van der Waals surface area contributed by atoms with Crippen LogP contribution in [0.15, 0.2) is 67.4 Å². The number of fused-ring (bicyclic) bond motifs is 1. The minimum atomic E-state index is -0.111. The van der Waals surface area contributed by atoms with Crippen LogP contribution in [0, 0.1) is 0 Å². The lowest BCUT2D eigenvalue weighted by Gasteiger charge is -2.12. The Balaban J connectivity index is 1.27. The number of hydrogen-bond acceptors (Lipinski definition) is 6. The van der Waals surface area contributed by atoms with Gasteiger partial charge >= 0.3 is 0 Å². The number of carbonyl (C=O) groups excluding carboxylic acids is 1. The van der Waals surface area contributed by atoms with Crippen LogP contribution in [0.4, 0.5) is 5.82 Å². The van der Waals surface area contributed by atoms with Gasteiger partial charge in [-0.15, -0.1) is 0 Å². The summed E-state index contributed by atoms with van der Waals surface area (Å²) in [5.74, 6) is 1.55. The minimum absolute atomic E-state index is 0.111. The van der Waals surface area contributed by atoms with Crippen LogP contribution in [-0.2, 0) is 19.5 Å². The Hall–Kier alpha value is -4.20. The molecule has 5 rings (SSSR count). The van der Waals surface area contributed by atoms with Crippen molar-refractivity contribution in [1.82, 2.24) is 25.5 Å². The number of ether oxygens (including phenoxy) is 1. The maximum Gasteiger partial charge on any atom is 0.251 e. The van der Waals surface area contributed by atoms with Crippen molar-refractivity contribution in [2.45, 2.75) is 19.5 Å². The van der Waals surface area contributed by atoms with Crippen LogP contribution in [0.3, 0.4) is 0 Å². The van der Waals surface area contributed by atoms with Crippen LogP contribution >= 0.6 is 0 Å². The number of benzene rings is 1. The van der Waals surface area contributed by atoms with E-state index in [4.69, 9.17) is 4.74 Å². The normalized spacial score (nSPS) is 12.1. The summed E-state index contributed by atoms with van der Waals surface area (Å²) in [6.45, 7) is 1.65. The van der Waals surface area contributed by atoms with Crippen LogP contribution < -0.4 is 15.4 Å². The van der Waals surface area contributed by atoms with Gasteiger partial charge in [0.15, 0.2) is 0 Å². The molecular weight excluding hydrogens is 404 g/mol. The molecule has 3 N–H and O–H groups in total. The molecule has 1 aliphatic heterocycles. The summed E-state index contributed by atoms with van der Waals surface area (Å²) in [5, 5.41) is 13.2. The van der Waals surface area contributed by atoms with Gasteiger partial charge in [-0.3, -0.25) is 14.9 Å². The SMILES string of the molecule is O=C(NCc1ccncc1)c1cccc(CNc2ncc(-c3cn[nH]c3)c3c2CCO3)c1. The highest BCUT2D eigenvalue weighted by Gasteiger charge is 2.22. The number of aromatic amines is 1. The molecule has 1 amide bonds. The Labute approximate surface area is 185 Å². The number of carbonyl (C=O) groups is 1. The summed E-state index contributed by atoms with van der Waals surface area (Å²) in [6, 6.07) is 11.4. The van der Waals surface area contributed by atoms with E-state index in [1.54, 1.807) is 24.8 Å². The predicted octanol–water partition coefficient (Wildman–Crippen LogP) is 3.34. The number of nitrogens with one attached hydrogen (secondary N) is 3. The zero-order chi connectivity index (χ0) is 21.8. The molecule has 0 atom stereocenters. The molecule has 1 aromatic carbocycles. The van der Waals surface area contributed by atoms with Gasteiger partial charge in [-0.1, -0.05) is 12.1 Å². The first-order valence-electron chi connectivity index (χ1n) is 10.4. The largest absolute Gasteiger partial charge is 0.492 e. The molecule has 0 unspecified atom stereocenters. The number of H-pyrrole nitrogens is 1. The third-order valence-corrected chi connectivity index (χ3v) is 5.39. The van der Waals surface area contributed by atoms with E-state index in [1.165, 1.54) is 0 Å². The highest BCUT2D eigenvalue weighted by atomic mass is 16.5. The molecule has 32 heavy (non-hydrogen) atoms. The van der Waals surface area contributed by atoms with Crippen molar-refractivity contribution >= 4 is 11.7 Å².